The van der Waals surface area contributed by atoms with Crippen LogP contribution in [0.15, 0.2) is 11.6 Å². The van der Waals surface area contributed by atoms with E-state index in [2.05, 4.69) is 29.2 Å². The average molecular weight is 250 g/mol. The molecule has 0 saturated carbocycles. The number of aromatic nitrogens is 3. The van der Waals surface area contributed by atoms with Crippen molar-refractivity contribution in [2.24, 2.45) is 7.05 Å². The summed E-state index contributed by atoms with van der Waals surface area (Å²) in [5, 5.41) is 11.0. The van der Waals surface area contributed by atoms with Gasteiger partial charge in [0.1, 0.15) is 0 Å². The zero-order chi connectivity index (χ0) is 12.4. The van der Waals surface area contributed by atoms with Crippen LogP contribution in [0.1, 0.15) is 28.0 Å². The Balaban J connectivity index is 2.29. The van der Waals surface area contributed by atoms with E-state index in [1.165, 1.54) is 11.3 Å². The van der Waals surface area contributed by atoms with Crippen molar-refractivity contribution >= 4 is 11.3 Å². The third-order valence-corrected chi connectivity index (χ3v) is 3.93. The predicted octanol–water partition coefficient (Wildman–Crippen LogP) is 2.00. The second kappa shape index (κ2) is 4.98. The first-order chi connectivity index (χ1) is 8.13. The molecule has 2 aromatic heterocycles. The molecule has 92 valence electrons. The first kappa shape index (κ1) is 12.3. The molecule has 0 radical (unpaired) electrons. The fraction of sp³-hybridized carbons (Fsp3) is 0.500. The second-order valence-corrected chi connectivity index (χ2v) is 5.16. The van der Waals surface area contributed by atoms with Crippen LogP contribution in [0.4, 0.5) is 0 Å². The molecular formula is C12H18N4S. The van der Waals surface area contributed by atoms with Gasteiger partial charge in [-0.15, -0.1) is 11.3 Å². The monoisotopic (exact) mass is 250 g/mol. The van der Waals surface area contributed by atoms with Gasteiger partial charge in [-0.2, -0.15) is 5.10 Å². The number of nitrogens with zero attached hydrogens (tertiary/aromatic N) is 3. The Hall–Kier alpha value is -1.20. The minimum absolute atomic E-state index is 0.287. The van der Waals surface area contributed by atoms with Gasteiger partial charge in [0.2, 0.25) is 0 Å². The molecule has 4 nitrogen and oxygen atoms in total. The Kier molecular flexibility index (Phi) is 3.59. The maximum Gasteiger partial charge on any atom is 0.0943 e. The number of thiazole rings is 1. The number of hydrogen-bond acceptors (Lipinski definition) is 4. The third-order valence-electron chi connectivity index (χ3n) is 3.12. The van der Waals surface area contributed by atoms with Gasteiger partial charge < -0.3 is 5.32 Å². The zero-order valence-electron chi connectivity index (χ0n) is 10.7. The van der Waals surface area contributed by atoms with Crippen LogP contribution in [0, 0.1) is 13.8 Å². The molecule has 0 saturated heterocycles. The second-order valence-electron chi connectivity index (χ2n) is 4.18. The Morgan fingerprint density at radius 3 is 2.71 bits per heavy atom. The number of likely N-dealkylation sites (N-methyl/N-ethyl adjacent to an activating group) is 1. The Bertz CT molecular complexity index is 487. The van der Waals surface area contributed by atoms with E-state index >= 15 is 0 Å². The van der Waals surface area contributed by atoms with Crippen LogP contribution in [0.25, 0.3) is 0 Å². The molecule has 2 aromatic rings. The van der Waals surface area contributed by atoms with Gasteiger partial charge in [0.25, 0.3) is 0 Å². The van der Waals surface area contributed by atoms with E-state index in [1.807, 2.05) is 30.4 Å². The lowest BCUT2D eigenvalue weighted by Crippen LogP contribution is -2.20. The van der Waals surface area contributed by atoms with Crippen LogP contribution in [0.3, 0.4) is 0 Å². The van der Waals surface area contributed by atoms with E-state index in [1.54, 1.807) is 11.3 Å². The highest BCUT2D eigenvalue weighted by molar-refractivity contribution is 7.09. The maximum absolute atomic E-state index is 4.47. The molecule has 1 unspecified atom stereocenters. The van der Waals surface area contributed by atoms with Crippen molar-refractivity contribution in [2.45, 2.75) is 26.3 Å². The quantitative estimate of drug-likeness (QED) is 0.902. The lowest BCUT2D eigenvalue weighted by atomic mass is 10.0. The van der Waals surface area contributed by atoms with E-state index in [9.17, 15) is 0 Å². The molecule has 0 aliphatic heterocycles. The number of rotatable bonds is 4. The van der Waals surface area contributed by atoms with Crippen LogP contribution in [-0.4, -0.2) is 21.8 Å². The lowest BCUT2D eigenvalue weighted by Gasteiger charge is -2.15. The van der Waals surface area contributed by atoms with Gasteiger partial charge in [0, 0.05) is 42.3 Å². The number of hydrogen-bond donors (Lipinski definition) is 1. The summed E-state index contributed by atoms with van der Waals surface area (Å²) in [5.74, 6) is 0. The van der Waals surface area contributed by atoms with Crippen LogP contribution < -0.4 is 5.32 Å². The highest BCUT2D eigenvalue weighted by Crippen LogP contribution is 2.24. The van der Waals surface area contributed by atoms with Crippen LogP contribution in [0.5, 0.6) is 0 Å². The largest absolute Gasteiger partial charge is 0.313 e. The first-order valence-electron chi connectivity index (χ1n) is 5.69. The van der Waals surface area contributed by atoms with Crippen molar-refractivity contribution in [1.82, 2.24) is 20.1 Å². The van der Waals surface area contributed by atoms with Crippen molar-refractivity contribution in [2.75, 3.05) is 7.05 Å². The molecule has 0 fully saturated rings. The van der Waals surface area contributed by atoms with Gasteiger partial charge in [-0.05, 0) is 20.9 Å². The average Bonchev–Trinajstić information content (AvgIpc) is 2.87. The molecule has 2 heterocycles. The summed E-state index contributed by atoms with van der Waals surface area (Å²) >= 11 is 1.70. The van der Waals surface area contributed by atoms with Crippen molar-refractivity contribution in [3.8, 4) is 0 Å². The molecule has 2 rings (SSSR count). The minimum Gasteiger partial charge on any atom is -0.313 e. The highest BCUT2D eigenvalue weighted by atomic mass is 32.1. The van der Waals surface area contributed by atoms with Gasteiger partial charge >= 0.3 is 0 Å². The molecule has 0 spiro atoms. The normalized spacial score (nSPS) is 12.9. The van der Waals surface area contributed by atoms with Gasteiger partial charge in [-0.1, -0.05) is 0 Å². The van der Waals surface area contributed by atoms with Gasteiger partial charge in [-0.3, -0.25) is 4.68 Å². The Morgan fingerprint density at radius 1 is 1.47 bits per heavy atom. The lowest BCUT2D eigenvalue weighted by molar-refractivity contribution is 0.583. The van der Waals surface area contributed by atoms with Crippen molar-refractivity contribution in [1.29, 1.82) is 0 Å². The summed E-state index contributed by atoms with van der Waals surface area (Å²) in [6.07, 6.45) is 2.78. The minimum atomic E-state index is 0.287. The molecule has 5 heteroatoms. The molecule has 1 N–H and O–H groups in total. The first-order valence-corrected chi connectivity index (χ1v) is 6.57. The molecule has 0 aliphatic rings. The SMILES string of the molecule is CNC(Cc1nccs1)c1c(C)nn(C)c1C. The standard InChI is InChI=1S/C12H18N4S/c1-8-12(9(2)16(4)15-8)10(13-3)7-11-14-5-6-17-11/h5-6,10,13H,7H2,1-4H3. The fourth-order valence-electron chi connectivity index (χ4n) is 2.17. The molecule has 0 amide bonds. The number of aryl methyl sites for hydroxylation is 2. The topological polar surface area (TPSA) is 42.7 Å². The molecule has 17 heavy (non-hydrogen) atoms. The van der Waals surface area contributed by atoms with Crippen molar-refractivity contribution in [3.05, 3.63) is 33.5 Å². The van der Waals surface area contributed by atoms with E-state index in [-0.39, 0.29) is 6.04 Å². The van der Waals surface area contributed by atoms with Crippen LogP contribution in [-0.2, 0) is 13.5 Å². The van der Waals surface area contributed by atoms with Gasteiger partial charge in [0.05, 0.1) is 10.7 Å². The predicted molar refractivity (Wildman–Crippen MR) is 70.3 cm³/mol. The van der Waals surface area contributed by atoms with E-state index < -0.39 is 0 Å². The van der Waals surface area contributed by atoms with Crippen molar-refractivity contribution in [3.63, 3.8) is 0 Å². The van der Waals surface area contributed by atoms with E-state index in [0.717, 1.165) is 17.1 Å². The molecule has 0 bridgehead atoms. The fourth-order valence-corrected chi connectivity index (χ4v) is 2.83. The number of nitrogens with one attached hydrogen (secondary N) is 1. The summed E-state index contributed by atoms with van der Waals surface area (Å²) < 4.78 is 1.94. The Labute approximate surface area is 106 Å². The van der Waals surface area contributed by atoms with E-state index in [0.29, 0.717) is 0 Å². The molecule has 1 atom stereocenters. The summed E-state index contributed by atoms with van der Waals surface area (Å²) in [6.45, 7) is 4.18. The van der Waals surface area contributed by atoms with Crippen molar-refractivity contribution < 1.29 is 0 Å². The van der Waals surface area contributed by atoms with Crippen LogP contribution >= 0.6 is 11.3 Å². The highest BCUT2D eigenvalue weighted by Gasteiger charge is 2.19. The van der Waals surface area contributed by atoms with Gasteiger partial charge in [-0.25, -0.2) is 4.98 Å². The summed E-state index contributed by atoms with van der Waals surface area (Å²) in [6, 6.07) is 0.287. The molecule has 0 aliphatic carbocycles. The summed E-state index contributed by atoms with van der Waals surface area (Å²) in [5.41, 5.74) is 3.62. The summed E-state index contributed by atoms with van der Waals surface area (Å²) in [7, 11) is 3.98. The third kappa shape index (κ3) is 2.40. The smallest absolute Gasteiger partial charge is 0.0943 e. The van der Waals surface area contributed by atoms with Gasteiger partial charge in [0.15, 0.2) is 0 Å². The maximum atomic E-state index is 4.47. The summed E-state index contributed by atoms with van der Waals surface area (Å²) in [4.78, 5) is 4.35. The molecule has 0 aromatic carbocycles. The zero-order valence-corrected chi connectivity index (χ0v) is 11.5. The molecular weight excluding hydrogens is 232 g/mol. The Morgan fingerprint density at radius 2 is 2.24 bits per heavy atom. The van der Waals surface area contributed by atoms with Crippen LogP contribution in [0.2, 0.25) is 0 Å². The van der Waals surface area contributed by atoms with E-state index in [4.69, 9.17) is 0 Å².